The van der Waals surface area contributed by atoms with Crippen molar-refractivity contribution in [3.63, 3.8) is 0 Å². The molecule has 4 rings (SSSR count). The fraction of sp³-hybridized carbons (Fsp3) is 0.789. The molecule has 3 saturated carbocycles. The van der Waals surface area contributed by atoms with Gasteiger partial charge in [0.1, 0.15) is 5.78 Å². The average molecular weight is 301 g/mol. The zero-order valence-electron chi connectivity index (χ0n) is 13.6. The normalized spacial score (nSPS) is 47.5. The van der Waals surface area contributed by atoms with Crippen LogP contribution in [0.3, 0.4) is 0 Å². The maximum atomic E-state index is 12.4. The summed E-state index contributed by atoms with van der Waals surface area (Å²) in [5.41, 5.74) is 7.61. The molecule has 0 radical (unpaired) electrons. The van der Waals surface area contributed by atoms with Gasteiger partial charge in [-0.3, -0.25) is 9.59 Å². The molecular formula is C19H27NO2. The Morgan fingerprint density at radius 1 is 1.09 bits per heavy atom. The van der Waals surface area contributed by atoms with E-state index in [1.165, 1.54) is 5.57 Å². The zero-order chi connectivity index (χ0) is 15.5. The highest BCUT2D eigenvalue weighted by Crippen LogP contribution is 2.64. The molecule has 0 aromatic heterocycles. The summed E-state index contributed by atoms with van der Waals surface area (Å²) in [7, 11) is 0. The lowest BCUT2D eigenvalue weighted by atomic mass is 9.47. The van der Waals surface area contributed by atoms with E-state index in [0.717, 1.165) is 44.9 Å². The summed E-state index contributed by atoms with van der Waals surface area (Å²) in [6.07, 6.45) is 9.69. The van der Waals surface area contributed by atoms with Crippen LogP contribution in [0.15, 0.2) is 11.6 Å². The van der Waals surface area contributed by atoms with Gasteiger partial charge in [0.25, 0.3) is 0 Å². The van der Waals surface area contributed by atoms with E-state index in [1.807, 2.05) is 6.08 Å². The van der Waals surface area contributed by atoms with E-state index in [0.29, 0.717) is 36.5 Å². The number of Topliss-reactive ketones (excluding diaryl/α,β-unsaturated/α-hetero) is 1. The zero-order valence-corrected chi connectivity index (χ0v) is 13.6. The quantitative estimate of drug-likeness (QED) is 0.810. The molecule has 0 heterocycles. The van der Waals surface area contributed by atoms with E-state index in [4.69, 9.17) is 5.73 Å². The van der Waals surface area contributed by atoms with E-state index in [-0.39, 0.29) is 16.6 Å². The van der Waals surface area contributed by atoms with Gasteiger partial charge >= 0.3 is 0 Å². The highest BCUT2D eigenvalue weighted by Gasteiger charge is 2.59. The Hall–Kier alpha value is -0.960. The molecule has 2 N–H and O–H groups in total. The number of fused-ring (bicyclic) bond motifs is 5. The van der Waals surface area contributed by atoms with E-state index in [9.17, 15) is 9.59 Å². The Morgan fingerprint density at radius 3 is 2.68 bits per heavy atom. The van der Waals surface area contributed by atoms with E-state index < -0.39 is 0 Å². The van der Waals surface area contributed by atoms with Crippen molar-refractivity contribution < 1.29 is 9.59 Å². The third-order valence-electron chi connectivity index (χ3n) is 7.76. The molecule has 0 spiro atoms. The maximum Gasteiger partial charge on any atom is 0.155 e. The van der Waals surface area contributed by atoms with Crippen molar-refractivity contribution in [3.8, 4) is 0 Å². The van der Waals surface area contributed by atoms with E-state index in [2.05, 4.69) is 6.92 Å². The minimum Gasteiger partial charge on any atom is -0.330 e. The standard InChI is InChI=1S/C19H27NO2/c1-18-8-7-16-14(15(18)4-5-17(18)22)3-2-12-10-13(21)6-9-19(12,16)11-20/h10,14-16H,2-9,11,20H2,1H3/t14-,15-,16-,18-,19+/m0/s1. The van der Waals surface area contributed by atoms with Gasteiger partial charge in [-0.1, -0.05) is 12.5 Å². The smallest absolute Gasteiger partial charge is 0.155 e. The summed E-state index contributed by atoms with van der Waals surface area (Å²) in [5, 5.41) is 0. The molecule has 0 unspecified atom stereocenters. The number of nitrogens with two attached hydrogens (primary N) is 1. The van der Waals surface area contributed by atoms with Crippen LogP contribution in [0, 0.1) is 28.6 Å². The predicted molar refractivity (Wildman–Crippen MR) is 85.1 cm³/mol. The molecule has 0 aromatic rings. The Morgan fingerprint density at radius 2 is 1.91 bits per heavy atom. The minimum absolute atomic E-state index is 0.0593. The molecule has 0 amide bonds. The molecule has 3 nitrogen and oxygen atoms in total. The van der Waals surface area contributed by atoms with Gasteiger partial charge in [-0.05, 0) is 62.4 Å². The van der Waals surface area contributed by atoms with Gasteiger partial charge in [0.2, 0.25) is 0 Å². The van der Waals surface area contributed by atoms with Crippen molar-refractivity contribution in [2.24, 2.45) is 34.3 Å². The first-order valence-corrected chi connectivity index (χ1v) is 8.98. The van der Waals surface area contributed by atoms with Crippen molar-refractivity contribution in [1.29, 1.82) is 0 Å². The van der Waals surface area contributed by atoms with Gasteiger partial charge in [0, 0.05) is 30.2 Å². The first-order chi connectivity index (χ1) is 10.5. The lowest BCUT2D eigenvalue weighted by Crippen LogP contribution is -2.54. The fourth-order valence-electron chi connectivity index (χ4n) is 6.52. The topological polar surface area (TPSA) is 60.2 Å². The Balaban J connectivity index is 1.73. The van der Waals surface area contributed by atoms with Gasteiger partial charge in [-0.2, -0.15) is 0 Å². The number of hydrogen-bond donors (Lipinski definition) is 1. The summed E-state index contributed by atoms with van der Waals surface area (Å²) >= 11 is 0. The molecule has 4 aliphatic carbocycles. The summed E-state index contributed by atoms with van der Waals surface area (Å²) in [4.78, 5) is 24.3. The number of carbonyl (C=O) groups excluding carboxylic acids is 2. The minimum atomic E-state index is -0.0668. The van der Waals surface area contributed by atoms with Crippen LogP contribution >= 0.6 is 0 Å². The Kier molecular flexibility index (Phi) is 3.17. The lowest BCUT2D eigenvalue weighted by molar-refractivity contribution is -0.132. The molecule has 22 heavy (non-hydrogen) atoms. The lowest BCUT2D eigenvalue weighted by Gasteiger charge is -2.57. The molecule has 0 bridgehead atoms. The predicted octanol–water partition coefficient (Wildman–Crippen LogP) is 3.03. The highest BCUT2D eigenvalue weighted by molar-refractivity contribution is 5.91. The second-order valence-electron chi connectivity index (χ2n) is 8.33. The van der Waals surface area contributed by atoms with Crippen molar-refractivity contribution in [2.75, 3.05) is 6.54 Å². The van der Waals surface area contributed by atoms with Crippen LogP contribution in [0.25, 0.3) is 0 Å². The van der Waals surface area contributed by atoms with Gasteiger partial charge in [-0.25, -0.2) is 0 Å². The summed E-state index contributed by atoms with van der Waals surface area (Å²) < 4.78 is 0. The van der Waals surface area contributed by atoms with Crippen molar-refractivity contribution in [3.05, 3.63) is 11.6 Å². The molecular weight excluding hydrogens is 274 g/mol. The van der Waals surface area contributed by atoms with Gasteiger partial charge in [0.15, 0.2) is 5.78 Å². The molecule has 4 aliphatic rings. The largest absolute Gasteiger partial charge is 0.330 e. The SMILES string of the molecule is C[C@]12CC[C@H]3[C@@H](CCC4=CC(=O)CC[C@@]43CN)[C@@H]1CCC2=O. The summed E-state index contributed by atoms with van der Waals surface area (Å²) in [6, 6.07) is 0. The summed E-state index contributed by atoms with van der Waals surface area (Å²) in [5.74, 6) is 2.57. The Labute approximate surface area is 132 Å². The second-order valence-corrected chi connectivity index (χ2v) is 8.33. The first kappa shape index (κ1) is 14.6. The van der Waals surface area contributed by atoms with Crippen molar-refractivity contribution >= 4 is 11.6 Å². The van der Waals surface area contributed by atoms with Crippen LogP contribution in [0.2, 0.25) is 0 Å². The second kappa shape index (κ2) is 4.77. The third-order valence-corrected chi connectivity index (χ3v) is 7.76. The van der Waals surface area contributed by atoms with Crippen molar-refractivity contribution in [2.45, 2.75) is 58.3 Å². The van der Waals surface area contributed by atoms with E-state index in [1.54, 1.807) is 0 Å². The molecule has 0 saturated heterocycles. The van der Waals surface area contributed by atoms with Crippen LogP contribution in [0.1, 0.15) is 58.3 Å². The molecule has 3 fully saturated rings. The third kappa shape index (κ3) is 1.72. The highest BCUT2D eigenvalue weighted by atomic mass is 16.1. The van der Waals surface area contributed by atoms with Crippen LogP contribution in [-0.4, -0.2) is 18.1 Å². The van der Waals surface area contributed by atoms with Gasteiger partial charge < -0.3 is 5.73 Å². The van der Waals surface area contributed by atoms with Crippen LogP contribution in [-0.2, 0) is 9.59 Å². The number of ketones is 2. The van der Waals surface area contributed by atoms with E-state index >= 15 is 0 Å². The van der Waals surface area contributed by atoms with Crippen LogP contribution in [0.4, 0.5) is 0 Å². The average Bonchev–Trinajstić information content (AvgIpc) is 2.82. The molecule has 5 atom stereocenters. The van der Waals surface area contributed by atoms with Crippen LogP contribution < -0.4 is 5.73 Å². The number of rotatable bonds is 1. The fourth-order valence-corrected chi connectivity index (χ4v) is 6.52. The monoisotopic (exact) mass is 301 g/mol. The number of carbonyl (C=O) groups is 2. The maximum absolute atomic E-state index is 12.4. The van der Waals surface area contributed by atoms with Gasteiger partial charge in [0.05, 0.1) is 0 Å². The number of hydrogen-bond acceptors (Lipinski definition) is 3. The Bertz CT molecular complexity index is 566. The first-order valence-electron chi connectivity index (χ1n) is 8.98. The molecule has 120 valence electrons. The van der Waals surface area contributed by atoms with Crippen LogP contribution in [0.5, 0.6) is 0 Å². The molecule has 3 heteroatoms. The molecule has 0 aliphatic heterocycles. The summed E-state index contributed by atoms with van der Waals surface area (Å²) in [6.45, 7) is 2.89. The van der Waals surface area contributed by atoms with Crippen molar-refractivity contribution in [1.82, 2.24) is 0 Å². The molecule has 0 aromatic carbocycles. The van der Waals surface area contributed by atoms with Gasteiger partial charge in [-0.15, -0.1) is 0 Å².